The van der Waals surface area contributed by atoms with Gasteiger partial charge in [-0.25, -0.2) is 5.01 Å². The highest BCUT2D eigenvalue weighted by atomic mass is 16.5. The molecule has 0 aromatic heterocycles. The van der Waals surface area contributed by atoms with E-state index in [4.69, 9.17) is 10.5 Å². The third-order valence-electron chi connectivity index (χ3n) is 2.52. The van der Waals surface area contributed by atoms with Gasteiger partial charge in [-0.3, -0.25) is 5.43 Å². The van der Waals surface area contributed by atoms with Gasteiger partial charge in [-0.15, -0.1) is 0 Å². The van der Waals surface area contributed by atoms with Gasteiger partial charge in [0.1, 0.15) is 0 Å². The van der Waals surface area contributed by atoms with Gasteiger partial charge in [0, 0.05) is 25.7 Å². The highest BCUT2D eigenvalue weighted by molar-refractivity contribution is 4.75. The molecule has 0 radical (unpaired) electrons. The predicted octanol–water partition coefficient (Wildman–Crippen LogP) is 0.587. The molecule has 1 saturated heterocycles. The Morgan fingerprint density at radius 3 is 2.40 bits per heavy atom. The summed E-state index contributed by atoms with van der Waals surface area (Å²) in [6.45, 7) is 11.0. The third kappa shape index (κ3) is 5.47. The van der Waals surface area contributed by atoms with E-state index in [1.807, 2.05) is 0 Å². The van der Waals surface area contributed by atoms with E-state index in [9.17, 15) is 0 Å². The van der Waals surface area contributed by atoms with Crippen molar-refractivity contribution in [2.45, 2.75) is 33.2 Å². The van der Waals surface area contributed by atoms with Crippen LogP contribution >= 0.6 is 0 Å². The van der Waals surface area contributed by atoms with E-state index in [1.165, 1.54) is 0 Å². The van der Waals surface area contributed by atoms with Crippen LogP contribution in [0, 0.1) is 5.41 Å². The Balaban J connectivity index is 2.31. The molecule has 3 N–H and O–H groups in total. The van der Waals surface area contributed by atoms with Gasteiger partial charge >= 0.3 is 0 Å². The molecule has 1 aliphatic rings. The molecule has 1 unspecified atom stereocenters. The Kier molecular flexibility index (Phi) is 4.99. The van der Waals surface area contributed by atoms with Crippen LogP contribution in [0.4, 0.5) is 0 Å². The fourth-order valence-corrected chi connectivity index (χ4v) is 1.87. The number of rotatable bonds is 4. The first-order valence-corrected chi connectivity index (χ1v) is 5.80. The number of ether oxygens (including phenoxy) is 1. The van der Waals surface area contributed by atoms with Crippen molar-refractivity contribution in [3.8, 4) is 0 Å². The Hall–Kier alpha value is -0.160. The third-order valence-corrected chi connectivity index (χ3v) is 2.52. The maximum atomic E-state index is 5.78. The first kappa shape index (κ1) is 12.9. The summed E-state index contributed by atoms with van der Waals surface area (Å²) < 4.78 is 5.30. The zero-order valence-electron chi connectivity index (χ0n) is 10.3. The molecule has 1 fully saturated rings. The van der Waals surface area contributed by atoms with Crippen molar-refractivity contribution >= 4 is 0 Å². The van der Waals surface area contributed by atoms with Gasteiger partial charge in [0.25, 0.3) is 0 Å². The number of nitrogens with zero attached hydrogens (tertiary/aromatic N) is 1. The second kappa shape index (κ2) is 5.80. The van der Waals surface area contributed by atoms with E-state index >= 15 is 0 Å². The van der Waals surface area contributed by atoms with Crippen LogP contribution in [-0.4, -0.2) is 43.9 Å². The Labute approximate surface area is 93.1 Å². The van der Waals surface area contributed by atoms with E-state index in [1.54, 1.807) is 0 Å². The molecule has 1 heterocycles. The minimum absolute atomic E-state index is 0.323. The van der Waals surface area contributed by atoms with Crippen molar-refractivity contribution in [2.75, 3.05) is 32.8 Å². The molecule has 1 aliphatic heterocycles. The first-order chi connectivity index (χ1) is 7.01. The van der Waals surface area contributed by atoms with Crippen LogP contribution in [0.5, 0.6) is 0 Å². The van der Waals surface area contributed by atoms with E-state index < -0.39 is 0 Å². The molecular weight excluding hydrogens is 190 g/mol. The predicted molar refractivity (Wildman–Crippen MR) is 62.4 cm³/mol. The van der Waals surface area contributed by atoms with Gasteiger partial charge in [0.05, 0.1) is 13.2 Å². The largest absolute Gasteiger partial charge is 0.379 e. The van der Waals surface area contributed by atoms with Crippen molar-refractivity contribution in [1.82, 2.24) is 10.4 Å². The molecule has 0 spiro atoms. The molecule has 1 rings (SSSR count). The van der Waals surface area contributed by atoms with Crippen LogP contribution in [0.25, 0.3) is 0 Å². The SMILES string of the molecule is CC(C)(C)CC(CN)NN1CCOCC1. The van der Waals surface area contributed by atoms with Crippen LogP contribution in [0.2, 0.25) is 0 Å². The Morgan fingerprint density at radius 2 is 1.93 bits per heavy atom. The van der Waals surface area contributed by atoms with Crippen LogP contribution in [0.1, 0.15) is 27.2 Å². The average molecular weight is 215 g/mol. The minimum atomic E-state index is 0.323. The molecule has 4 nitrogen and oxygen atoms in total. The monoisotopic (exact) mass is 215 g/mol. The summed E-state index contributed by atoms with van der Waals surface area (Å²) in [7, 11) is 0. The number of nitrogens with two attached hydrogens (primary N) is 1. The van der Waals surface area contributed by atoms with Crippen molar-refractivity contribution < 1.29 is 4.74 Å². The molecular formula is C11H25N3O. The number of nitrogens with one attached hydrogen (secondary N) is 1. The van der Waals surface area contributed by atoms with Crippen LogP contribution in [0.15, 0.2) is 0 Å². The minimum Gasteiger partial charge on any atom is -0.379 e. The van der Waals surface area contributed by atoms with E-state index in [-0.39, 0.29) is 0 Å². The van der Waals surface area contributed by atoms with Gasteiger partial charge in [-0.05, 0) is 11.8 Å². The summed E-state index contributed by atoms with van der Waals surface area (Å²) in [5.41, 5.74) is 9.59. The maximum Gasteiger partial charge on any atom is 0.0608 e. The summed E-state index contributed by atoms with van der Waals surface area (Å²) >= 11 is 0. The van der Waals surface area contributed by atoms with E-state index in [0.29, 0.717) is 18.0 Å². The quantitative estimate of drug-likeness (QED) is 0.720. The summed E-state index contributed by atoms with van der Waals surface area (Å²) in [4.78, 5) is 0. The lowest BCUT2D eigenvalue weighted by Crippen LogP contribution is -2.53. The second-order valence-corrected chi connectivity index (χ2v) is 5.43. The van der Waals surface area contributed by atoms with Gasteiger partial charge in [-0.2, -0.15) is 0 Å². The lowest BCUT2D eigenvalue weighted by Gasteiger charge is -2.33. The zero-order valence-corrected chi connectivity index (χ0v) is 10.3. The normalized spacial score (nSPS) is 21.6. The molecule has 0 saturated carbocycles. The van der Waals surface area contributed by atoms with Crippen LogP contribution in [0.3, 0.4) is 0 Å². The number of morpholine rings is 1. The zero-order chi connectivity index (χ0) is 11.3. The van der Waals surface area contributed by atoms with Gasteiger partial charge in [-0.1, -0.05) is 20.8 Å². The van der Waals surface area contributed by atoms with Crippen molar-refractivity contribution in [3.05, 3.63) is 0 Å². The van der Waals surface area contributed by atoms with Crippen molar-refractivity contribution in [3.63, 3.8) is 0 Å². The average Bonchev–Trinajstić information content (AvgIpc) is 2.16. The molecule has 0 bridgehead atoms. The first-order valence-electron chi connectivity index (χ1n) is 5.80. The summed E-state index contributed by atoms with van der Waals surface area (Å²) in [6.07, 6.45) is 1.10. The smallest absolute Gasteiger partial charge is 0.0608 e. The summed E-state index contributed by atoms with van der Waals surface area (Å²) in [6, 6.07) is 0.378. The highest BCUT2D eigenvalue weighted by Gasteiger charge is 2.20. The van der Waals surface area contributed by atoms with E-state index in [0.717, 1.165) is 32.7 Å². The second-order valence-electron chi connectivity index (χ2n) is 5.43. The summed E-state index contributed by atoms with van der Waals surface area (Å²) in [5, 5.41) is 2.23. The molecule has 4 heteroatoms. The fourth-order valence-electron chi connectivity index (χ4n) is 1.87. The Bertz CT molecular complexity index is 173. The lowest BCUT2D eigenvalue weighted by atomic mass is 9.88. The standard InChI is InChI=1S/C11H25N3O/c1-11(2,3)8-10(9-12)13-14-4-6-15-7-5-14/h10,13H,4-9,12H2,1-3H3. The maximum absolute atomic E-state index is 5.78. The highest BCUT2D eigenvalue weighted by Crippen LogP contribution is 2.20. The molecule has 0 aromatic carbocycles. The van der Waals surface area contributed by atoms with Crippen LogP contribution in [-0.2, 0) is 4.74 Å². The number of hydrazine groups is 1. The molecule has 0 amide bonds. The van der Waals surface area contributed by atoms with Crippen molar-refractivity contribution in [2.24, 2.45) is 11.1 Å². The van der Waals surface area contributed by atoms with Gasteiger partial charge in [0.15, 0.2) is 0 Å². The number of hydrogen-bond donors (Lipinski definition) is 2. The Morgan fingerprint density at radius 1 is 1.33 bits per heavy atom. The molecule has 15 heavy (non-hydrogen) atoms. The van der Waals surface area contributed by atoms with E-state index in [2.05, 4.69) is 31.2 Å². The lowest BCUT2D eigenvalue weighted by molar-refractivity contribution is 0.00101. The van der Waals surface area contributed by atoms with Gasteiger partial charge < -0.3 is 10.5 Å². The fraction of sp³-hybridized carbons (Fsp3) is 1.00. The number of hydrogen-bond acceptors (Lipinski definition) is 4. The summed E-state index contributed by atoms with van der Waals surface area (Å²) in [5.74, 6) is 0. The van der Waals surface area contributed by atoms with Gasteiger partial charge in [0.2, 0.25) is 0 Å². The van der Waals surface area contributed by atoms with Crippen LogP contribution < -0.4 is 11.2 Å². The topological polar surface area (TPSA) is 50.5 Å². The molecule has 1 atom stereocenters. The van der Waals surface area contributed by atoms with Crippen molar-refractivity contribution in [1.29, 1.82) is 0 Å². The molecule has 0 aromatic rings. The molecule has 0 aliphatic carbocycles. The molecule has 90 valence electrons.